The highest BCUT2D eigenvalue weighted by molar-refractivity contribution is 6.35. The van der Waals surface area contributed by atoms with Crippen LogP contribution in [0.1, 0.15) is 27.7 Å². The SMILES string of the molecule is CC.CCNC(=O)C(C)=O. The molecular weight excluding hydrogens is 130 g/mol. The molecule has 1 N–H and O–H groups in total. The first-order chi connectivity index (χ1) is 4.68. The molecule has 1 amide bonds. The minimum absolute atomic E-state index is 0.438. The van der Waals surface area contributed by atoms with Gasteiger partial charge in [0.05, 0.1) is 0 Å². The van der Waals surface area contributed by atoms with E-state index in [1.54, 1.807) is 6.92 Å². The van der Waals surface area contributed by atoms with Crippen molar-refractivity contribution in [2.45, 2.75) is 27.7 Å². The molecule has 0 unspecified atom stereocenters. The lowest BCUT2D eigenvalue weighted by Gasteiger charge is -1.93. The fourth-order valence-corrected chi connectivity index (χ4v) is 0.285. The molecule has 0 aromatic heterocycles. The number of likely N-dealkylation sites (N-methyl/N-ethyl adjacent to an activating group) is 1. The number of hydrogen-bond donors (Lipinski definition) is 1. The zero-order valence-electron chi connectivity index (χ0n) is 7.02. The minimum Gasteiger partial charge on any atom is -0.350 e. The normalized spacial score (nSPS) is 7.20. The third-order valence-electron chi connectivity index (χ3n) is 0.657. The summed E-state index contributed by atoms with van der Waals surface area (Å²) in [4.78, 5) is 20.4. The zero-order valence-corrected chi connectivity index (χ0v) is 7.02. The van der Waals surface area contributed by atoms with Crippen molar-refractivity contribution in [3.63, 3.8) is 0 Å². The molecule has 0 aromatic rings. The van der Waals surface area contributed by atoms with Crippen molar-refractivity contribution in [3.8, 4) is 0 Å². The van der Waals surface area contributed by atoms with Crippen LogP contribution in [0.25, 0.3) is 0 Å². The van der Waals surface area contributed by atoms with Gasteiger partial charge in [0, 0.05) is 13.5 Å². The molecule has 0 fully saturated rings. The summed E-state index contributed by atoms with van der Waals surface area (Å²) in [5.74, 6) is -0.945. The molecule has 0 atom stereocenters. The Bertz CT molecular complexity index is 110. The Morgan fingerprint density at radius 2 is 1.70 bits per heavy atom. The van der Waals surface area contributed by atoms with Gasteiger partial charge in [-0.1, -0.05) is 13.8 Å². The summed E-state index contributed by atoms with van der Waals surface area (Å²) in [5.41, 5.74) is 0. The largest absolute Gasteiger partial charge is 0.350 e. The topological polar surface area (TPSA) is 46.2 Å². The Balaban J connectivity index is 0. The number of ketones is 1. The average molecular weight is 145 g/mol. The van der Waals surface area contributed by atoms with Crippen LogP contribution >= 0.6 is 0 Å². The van der Waals surface area contributed by atoms with Crippen LogP contribution in [0, 0.1) is 0 Å². The molecule has 10 heavy (non-hydrogen) atoms. The maximum absolute atomic E-state index is 10.3. The van der Waals surface area contributed by atoms with Crippen LogP contribution in [-0.2, 0) is 9.59 Å². The molecule has 0 radical (unpaired) electrons. The molecule has 0 heterocycles. The molecule has 0 aliphatic rings. The van der Waals surface area contributed by atoms with Crippen LogP contribution in [0.2, 0.25) is 0 Å². The summed E-state index contributed by atoms with van der Waals surface area (Å²) in [7, 11) is 0. The molecule has 3 heteroatoms. The maximum atomic E-state index is 10.3. The van der Waals surface area contributed by atoms with Gasteiger partial charge in [0.2, 0.25) is 5.78 Å². The van der Waals surface area contributed by atoms with Gasteiger partial charge in [-0.15, -0.1) is 0 Å². The molecule has 0 aliphatic carbocycles. The van der Waals surface area contributed by atoms with Crippen molar-refractivity contribution < 1.29 is 9.59 Å². The maximum Gasteiger partial charge on any atom is 0.287 e. The predicted octanol–water partition coefficient (Wildman–Crippen LogP) is 0.738. The quantitative estimate of drug-likeness (QED) is 0.582. The number of nitrogens with one attached hydrogen (secondary N) is 1. The van der Waals surface area contributed by atoms with Crippen molar-refractivity contribution in [2.24, 2.45) is 0 Å². The first-order valence-corrected chi connectivity index (χ1v) is 3.47. The van der Waals surface area contributed by atoms with Crippen LogP contribution in [0.3, 0.4) is 0 Å². The van der Waals surface area contributed by atoms with Gasteiger partial charge < -0.3 is 5.32 Å². The van der Waals surface area contributed by atoms with E-state index in [9.17, 15) is 9.59 Å². The number of rotatable bonds is 2. The Morgan fingerprint density at radius 1 is 1.30 bits per heavy atom. The molecule has 0 aromatic carbocycles. The Kier molecular flexibility index (Phi) is 9.67. The molecule has 0 rings (SSSR count). The van der Waals surface area contributed by atoms with E-state index < -0.39 is 11.7 Å². The fraction of sp³-hybridized carbons (Fsp3) is 0.714. The average Bonchev–Trinajstić information content (AvgIpc) is 1.93. The van der Waals surface area contributed by atoms with E-state index in [1.807, 2.05) is 13.8 Å². The van der Waals surface area contributed by atoms with E-state index >= 15 is 0 Å². The number of carbonyl (C=O) groups excluding carboxylic acids is 2. The van der Waals surface area contributed by atoms with E-state index in [-0.39, 0.29) is 0 Å². The van der Waals surface area contributed by atoms with Crippen LogP contribution in [0.5, 0.6) is 0 Å². The second-order valence-electron chi connectivity index (χ2n) is 1.42. The van der Waals surface area contributed by atoms with Crippen LogP contribution < -0.4 is 5.32 Å². The monoisotopic (exact) mass is 145 g/mol. The van der Waals surface area contributed by atoms with Crippen molar-refractivity contribution in [1.29, 1.82) is 0 Å². The fourth-order valence-electron chi connectivity index (χ4n) is 0.285. The minimum atomic E-state index is -0.507. The summed E-state index contributed by atoms with van der Waals surface area (Å²) in [6.07, 6.45) is 0. The Hall–Kier alpha value is -0.860. The van der Waals surface area contributed by atoms with Crippen LogP contribution in [-0.4, -0.2) is 18.2 Å². The van der Waals surface area contributed by atoms with Crippen molar-refractivity contribution in [2.75, 3.05) is 6.54 Å². The van der Waals surface area contributed by atoms with Gasteiger partial charge in [-0.2, -0.15) is 0 Å². The predicted molar refractivity (Wildman–Crippen MR) is 40.7 cm³/mol. The molecule has 0 spiro atoms. The highest BCUT2D eigenvalue weighted by Crippen LogP contribution is 1.66. The van der Waals surface area contributed by atoms with Crippen molar-refractivity contribution in [1.82, 2.24) is 5.32 Å². The van der Waals surface area contributed by atoms with Gasteiger partial charge in [0.1, 0.15) is 0 Å². The Morgan fingerprint density at radius 3 is 1.80 bits per heavy atom. The molecule has 0 saturated heterocycles. The summed E-state index contributed by atoms with van der Waals surface area (Å²) >= 11 is 0. The number of amides is 1. The molecule has 0 aliphatic heterocycles. The Labute approximate surface area is 61.8 Å². The van der Waals surface area contributed by atoms with E-state index in [0.29, 0.717) is 6.54 Å². The molecular formula is C7H15NO2. The number of Topliss-reactive ketones (excluding diaryl/α,β-unsaturated/α-hetero) is 1. The lowest BCUT2D eigenvalue weighted by Crippen LogP contribution is -2.28. The second-order valence-corrected chi connectivity index (χ2v) is 1.42. The van der Waals surface area contributed by atoms with Crippen molar-refractivity contribution in [3.05, 3.63) is 0 Å². The van der Waals surface area contributed by atoms with E-state index in [1.165, 1.54) is 6.92 Å². The smallest absolute Gasteiger partial charge is 0.287 e. The van der Waals surface area contributed by atoms with E-state index in [4.69, 9.17) is 0 Å². The highest BCUT2D eigenvalue weighted by atomic mass is 16.2. The molecule has 60 valence electrons. The first-order valence-electron chi connectivity index (χ1n) is 3.47. The van der Waals surface area contributed by atoms with Gasteiger partial charge in [0.15, 0.2) is 0 Å². The number of carbonyl (C=O) groups is 2. The molecule has 0 bridgehead atoms. The lowest BCUT2D eigenvalue weighted by atomic mass is 10.4. The highest BCUT2D eigenvalue weighted by Gasteiger charge is 2.02. The molecule has 3 nitrogen and oxygen atoms in total. The standard InChI is InChI=1S/C5H9NO2.C2H6/c1-3-6-5(8)4(2)7;1-2/h3H2,1-2H3,(H,6,8);1-2H3. The van der Waals surface area contributed by atoms with Gasteiger partial charge in [-0.3, -0.25) is 9.59 Å². The second kappa shape index (κ2) is 8.14. The van der Waals surface area contributed by atoms with Gasteiger partial charge >= 0.3 is 0 Å². The van der Waals surface area contributed by atoms with Gasteiger partial charge in [0.25, 0.3) is 5.91 Å². The zero-order chi connectivity index (χ0) is 8.57. The number of hydrogen-bond acceptors (Lipinski definition) is 2. The molecule has 0 saturated carbocycles. The van der Waals surface area contributed by atoms with Crippen molar-refractivity contribution >= 4 is 11.7 Å². The van der Waals surface area contributed by atoms with Crippen LogP contribution in [0.4, 0.5) is 0 Å². The van der Waals surface area contributed by atoms with Gasteiger partial charge in [-0.05, 0) is 6.92 Å². The van der Waals surface area contributed by atoms with Gasteiger partial charge in [-0.25, -0.2) is 0 Å². The van der Waals surface area contributed by atoms with Crippen LogP contribution in [0.15, 0.2) is 0 Å². The summed E-state index contributed by atoms with van der Waals surface area (Å²) in [5, 5.41) is 2.36. The summed E-state index contributed by atoms with van der Waals surface area (Å²) < 4.78 is 0. The third kappa shape index (κ3) is 7.14. The third-order valence-corrected chi connectivity index (χ3v) is 0.657. The summed E-state index contributed by atoms with van der Waals surface area (Å²) in [6, 6.07) is 0. The lowest BCUT2D eigenvalue weighted by molar-refractivity contribution is -0.136. The van der Waals surface area contributed by atoms with E-state index in [0.717, 1.165) is 0 Å². The summed E-state index contributed by atoms with van der Waals surface area (Å²) in [6.45, 7) is 7.52. The van der Waals surface area contributed by atoms with E-state index in [2.05, 4.69) is 5.32 Å². The first kappa shape index (κ1) is 11.9.